The minimum absolute atomic E-state index is 0. The normalized spacial score (nSPS) is 11.8. The number of halogens is 2. The molecule has 0 saturated heterocycles. The van der Waals surface area contributed by atoms with Crippen molar-refractivity contribution < 1.29 is 13.9 Å². The van der Waals surface area contributed by atoms with E-state index in [-0.39, 0.29) is 41.8 Å². The van der Waals surface area contributed by atoms with Gasteiger partial charge in [-0.1, -0.05) is 18.2 Å². The molecule has 164 valence electrons. The number of nitrogens with zero attached hydrogens (tertiary/aromatic N) is 1. The van der Waals surface area contributed by atoms with Crippen LogP contribution in [0.2, 0.25) is 0 Å². The van der Waals surface area contributed by atoms with Gasteiger partial charge < -0.3 is 20.7 Å². The number of aliphatic imine (C=N–C) groups is 1. The molecular formula is C22H30FIN4O2. The molecule has 6 nitrogen and oxygen atoms in total. The smallest absolute Gasteiger partial charge is 0.251 e. The number of hydrogen-bond donors (Lipinski definition) is 3. The molecule has 0 aromatic heterocycles. The third-order valence-electron chi connectivity index (χ3n) is 4.01. The Bertz CT molecular complexity index is 815. The van der Waals surface area contributed by atoms with Crippen molar-refractivity contribution in [2.24, 2.45) is 4.99 Å². The fraction of sp³-hybridized carbons (Fsp3) is 0.364. The summed E-state index contributed by atoms with van der Waals surface area (Å²) in [6, 6.07) is 13.5. The fourth-order valence-corrected chi connectivity index (χ4v) is 2.59. The fourth-order valence-electron chi connectivity index (χ4n) is 2.59. The first kappa shape index (κ1) is 25.7. The van der Waals surface area contributed by atoms with Gasteiger partial charge in [0.15, 0.2) is 5.96 Å². The van der Waals surface area contributed by atoms with Crippen LogP contribution in [0.5, 0.6) is 5.75 Å². The number of ether oxygens (including phenoxy) is 1. The third kappa shape index (κ3) is 8.98. The Morgan fingerprint density at radius 2 is 1.77 bits per heavy atom. The largest absolute Gasteiger partial charge is 0.489 e. The van der Waals surface area contributed by atoms with Crippen LogP contribution >= 0.6 is 24.0 Å². The van der Waals surface area contributed by atoms with Crippen molar-refractivity contribution in [1.82, 2.24) is 16.0 Å². The van der Waals surface area contributed by atoms with Gasteiger partial charge in [0.05, 0.1) is 13.1 Å². The molecule has 1 amide bonds. The summed E-state index contributed by atoms with van der Waals surface area (Å²) in [6.07, 6.45) is -0.169. The van der Waals surface area contributed by atoms with Crippen LogP contribution in [0.25, 0.3) is 0 Å². The van der Waals surface area contributed by atoms with Crippen molar-refractivity contribution in [3.63, 3.8) is 0 Å². The summed E-state index contributed by atoms with van der Waals surface area (Å²) in [4.78, 5) is 16.4. The summed E-state index contributed by atoms with van der Waals surface area (Å²) in [5, 5.41) is 9.19. The zero-order valence-corrected chi connectivity index (χ0v) is 19.9. The van der Waals surface area contributed by atoms with Crippen molar-refractivity contribution in [3.05, 3.63) is 65.5 Å². The van der Waals surface area contributed by atoms with Gasteiger partial charge >= 0.3 is 0 Å². The number of benzene rings is 2. The highest BCUT2D eigenvalue weighted by atomic mass is 127. The molecule has 0 aliphatic carbocycles. The lowest BCUT2D eigenvalue weighted by Gasteiger charge is -2.17. The molecular weight excluding hydrogens is 498 g/mol. The van der Waals surface area contributed by atoms with Crippen LogP contribution in [0.3, 0.4) is 0 Å². The number of carbonyl (C=O) groups excluding carboxylic acids is 1. The monoisotopic (exact) mass is 528 g/mol. The van der Waals surface area contributed by atoms with E-state index >= 15 is 0 Å². The molecule has 8 heteroatoms. The van der Waals surface area contributed by atoms with E-state index in [2.05, 4.69) is 20.9 Å². The lowest BCUT2D eigenvalue weighted by atomic mass is 10.1. The third-order valence-corrected chi connectivity index (χ3v) is 4.01. The lowest BCUT2D eigenvalue weighted by Crippen LogP contribution is -2.41. The Hall–Kier alpha value is -2.36. The van der Waals surface area contributed by atoms with Crippen LogP contribution in [0.15, 0.2) is 53.5 Å². The second-order valence-corrected chi connectivity index (χ2v) is 6.52. The Morgan fingerprint density at radius 1 is 1.07 bits per heavy atom. The van der Waals surface area contributed by atoms with E-state index < -0.39 is 0 Å². The van der Waals surface area contributed by atoms with Crippen LogP contribution < -0.4 is 20.7 Å². The summed E-state index contributed by atoms with van der Waals surface area (Å²) in [7, 11) is 0. The Morgan fingerprint density at radius 3 is 2.40 bits per heavy atom. The molecule has 2 aromatic rings. The standard InChI is InChI=1S/C22H29FN4O2.HI/c1-4-24-21(28)18-11-9-17(10-12-18)15-27-22(25-5-2)26-14-16(3)29-20-8-6-7-19(23)13-20;/h6-13,16H,4-5,14-15H2,1-3H3,(H,24,28)(H2,25,26,27);1H. The zero-order chi connectivity index (χ0) is 21.1. The van der Waals surface area contributed by atoms with Crippen LogP contribution in [0.1, 0.15) is 36.7 Å². The van der Waals surface area contributed by atoms with Gasteiger partial charge in [-0.05, 0) is 50.6 Å². The van der Waals surface area contributed by atoms with E-state index in [1.165, 1.54) is 12.1 Å². The van der Waals surface area contributed by atoms with E-state index in [4.69, 9.17) is 4.74 Å². The quantitative estimate of drug-likeness (QED) is 0.264. The predicted octanol–water partition coefficient (Wildman–Crippen LogP) is 3.72. The number of hydrogen-bond acceptors (Lipinski definition) is 3. The summed E-state index contributed by atoms with van der Waals surface area (Å²) in [5.41, 5.74) is 1.63. The topological polar surface area (TPSA) is 74.8 Å². The van der Waals surface area contributed by atoms with Gasteiger partial charge in [0.25, 0.3) is 5.91 Å². The number of amides is 1. The lowest BCUT2D eigenvalue weighted by molar-refractivity contribution is 0.0956. The Balaban J connectivity index is 0.00000450. The van der Waals surface area contributed by atoms with Crippen LogP contribution in [0.4, 0.5) is 4.39 Å². The van der Waals surface area contributed by atoms with E-state index in [0.29, 0.717) is 36.9 Å². The van der Waals surface area contributed by atoms with Gasteiger partial charge in [0, 0.05) is 24.7 Å². The van der Waals surface area contributed by atoms with Gasteiger partial charge in [-0.2, -0.15) is 0 Å². The molecule has 2 aromatic carbocycles. The van der Waals surface area contributed by atoms with Crippen LogP contribution in [-0.2, 0) is 6.54 Å². The number of guanidine groups is 1. The highest BCUT2D eigenvalue weighted by Gasteiger charge is 2.07. The Kier molecular flexibility index (Phi) is 11.8. The summed E-state index contributed by atoms with van der Waals surface area (Å²) in [5.74, 6) is 0.754. The highest BCUT2D eigenvalue weighted by molar-refractivity contribution is 14.0. The number of nitrogens with one attached hydrogen (secondary N) is 3. The summed E-state index contributed by atoms with van der Waals surface area (Å²) >= 11 is 0. The van der Waals surface area contributed by atoms with E-state index in [9.17, 15) is 9.18 Å². The van der Waals surface area contributed by atoms with Crippen molar-refractivity contribution in [2.75, 3.05) is 19.6 Å². The molecule has 0 aliphatic heterocycles. The molecule has 0 spiro atoms. The molecule has 0 aliphatic rings. The van der Waals surface area contributed by atoms with E-state index in [0.717, 1.165) is 12.1 Å². The maximum absolute atomic E-state index is 13.3. The second kappa shape index (κ2) is 13.8. The van der Waals surface area contributed by atoms with Gasteiger partial charge in [-0.25, -0.2) is 9.38 Å². The first-order chi connectivity index (χ1) is 14.0. The zero-order valence-electron chi connectivity index (χ0n) is 17.6. The first-order valence-electron chi connectivity index (χ1n) is 9.83. The van der Waals surface area contributed by atoms with Crippen LogP contribution in [-0.4, -0.2) is 37.6 Å². The SMILES string of the molecule is CCNC(=O)c1ccc(CN=C(NCC)NCC(C)Oc2cccc(F)c2)cc1.I. The summed E-state index contributed by atoms with van der Waals surface area (Å²) < 4.78 is 19.0. The molecule has 0 fully saturated rings. The van der Waals surface area contributed by atoms with E-state index in [1.54, 1.807) is 24.3 Å². The summed E-state index contributed by atoms with van der Waals surface area (Å²) in [6.45, 7) is 8.10. The van der Waals surface area contributed by atoms with Gasteiger partial charge in [-0.15, -0.1) is 24.0 Å². The average molecular weight is 528 g/mol. The van der Waals surface area contributed by atoms with Crippen molar-refractivity contribution in [2.45, 2.75) is 33.4 Å². The molecule has 1 atom stereocenters. The molecule has 2 rings (SSSR count). The molecule has 3 N–H and O–H groups in total. The van der Waals surface area contributed by atoms with Gasteiger partial charge in [-0.3, -0.25) is 4.79 Å². The van der Waals surface area contributed by atoms with Crippen LogP contribution in [0, 0.1) is 5.82 Å². The maximum atomic E-state index is 13.3. The van der Waals surface area contributed by atoms with Crippen molar-refractivity contribution >= 4 is 35.8 Å². The molecule has 1 unspecified atom stereocenters. The molecule has 0 radical (unpaired) electrons. The molecule has 0 saturated carbocycles. The predicted molar refractivity (Wildman–Crippen MR) is 129 cm³/mol. The first-order valence-corrected chi connectivity index (χ1v) is 9.83. The van der Waals surface area contributed by atoms with Gasteiger partial charge in [0.1, 0.15) is 17.7 Å². The average Bonchev–Trinajstić information content (AvgIpc) is 2.70. The molecule has 0 heterocycles. The Labute approximate surface area is 194 Å². The highest BCUT2D eigenvalue weighted by Crippen LogP contribution is 2.13. The minimum atomic E-state index is -0.323. The molecule has 30 heavy (non-hydrogen) atoms. The second-order valence-electron chi connectivity index (χ2n) is 6.52. The van der Waals surface area contributed by atoms with Crippen molar-refractivity contribution in [3.8, 4) is 5.75 Å². The van der Waals surface area contributed by atoms with E-state index in [1.807, 2.05) is 32.9 Å². The van der Waals surface area contributed by atoms with Crippen molar-refractivity contribution in [1.29, 1.82) is 0 Å². The number of rotatable bonds is 9. The van der Waals surface area contributed by atoms with Gasteiger partial charge in [0.2, 0.25) is 0 Å². The minimum Gasteiger partial charge on any atom is -0.489 e. The molecule has 0 bridgehead atoms. The maximum Gasteiger partial charge on any atom is 0.251 e. The number of carbonyl (C=O) groups is 1.